The van der Waals surface area contributed by atoms with Gasteiger partial charge in [0.2, 0.25) is 0 Å². The van der Waals surface area contributed by atoms with E-state index in [1.807, 2.05) is 28.7 Å². The van der Waals surface area contributed by atoms with Crippen LogP contribution in [0.4, 0.5) is 15.8 Å². The monoisotopic (exact) mass is 370 g/mol. The van der Waals surface area contributed by atoms with Crippen LogP contribution in [0.25, 0.3) is 0 Å². The van der Waals surface area contributed by atoms with Gasteiger partial charge >= 0.3 is 0 Å². The predicted molar refractivity (Wildman–Crippen MR) is 86.9 cm³/mol. The number of nitrogens with one attached hydrogen (secondary N) is 1. The summed E-state index contributed by atoms with van der Waals surface area (Å²) >= 11 is 1.93. The second kappa shape index (κ2) is 6.23. The normalized spacial score (nSPS) is 10.5. The minimum Gasteiger partial charge on any atom is -0.397 e. The lowest BCUT2D eigenvalue weighted by molar-refractivity contribution is 0.621. The van der Waals surface area contributed by atoms with Gasteiger partial charge in [-0.1, -0.05) is 29.8 Å². The molecule has 0 aliphatic rings. The molecule has 3 N–H and O–H groups in total. The summed E-state index contributed by atoms with van der Waals surface area (Å²) < 4.78 is 14.0. The molecule has 0 radical (unpaired) electrons. The molecule has 100 valence electrons. The molecule has 19 heavy (non-hydrogen) atoms. The molecule has 0 amide bonds. The van der Waals surface area contributed by atoms with Crippen molar-refractivity contribution in [3.05, 3.63) is 56.9 Å². The Morgan fingerprint density at radius 3 is 2.79 bits per heavy atom. The molecule has 0 saturated heterocycles. The minimum absolute atomic E-state index is 0.243. The molecule has 0 aliphatic carbocycles. The van der Waals surface area contributed by atoms with Gasteiger partial charge in [0.15, 0.2) is 0 Å². The van der Waals surface area contributed by atoms with E-state index < -0.39 is 0 Å². The summed E-state index contributed by atoms with van der Waals surface area (Å²) in [6, 6.07) is 11.5. The molecule has 0 aromatic heterocycles. The van der Waals surface area contributed by atoms with E-state index in [-0.39, 0.29) is 5.82 Å². The van der Waals surface area contributed by atoms with Crippen LogP contribution in [0.15, 0.2) is 36.4 Å². The first-order valence-electron chi connectivity index (χ1n) is 6.10. The van der Waals surface area contributed by atoms with Gasteiger partial charge in [0.1, 0.15) is 5.82 Å². The maximum atomic E-state index is 13.5. The van der Waals surface area contributed by atoms with Gasteiger partial charge in [-0.05, 0) is 47.6 Å². The number of aryl methyl sites for hydroxylation is 1. The fraction of sp³-hybridized carbons (Fsp3) is 0.200. The predicted octanol–water partition coefficient (Wildman–Crippen LogP) is 3.98. The fourth-order valence-electron chi connectivity index (χ4n) is 1.92. The highest BCUT2D eigenvalue weighted by Crippen LogP contribution is 2.24. The zero-order valence-corrected chi connectivity index (χ0v) is 12.9. The second-order valence-electron chi connectivity index (χ2n) is 4.52. The molecule has 0 aliphatic heterocycles. The van der Waals surface area contributed by atoms with Crippen molar-refractivity contribution in [2.24, 2.45) is 0 Å². The fourth-order valence-corrected chi connectivity index (χ4v) is 2.42. The zero-order chi connectivity index (χ0) is 13.8. The van der Waals surface area contributed by atoms with Crippen molar-refractivity contribution in [2.75, 3.05) is 17.6 Å². The summed E-state index contributed by atoms with van der Waals surface area (Å²) in [6.45, 7) is 2.80. The largest absolute Gasteiger partial charge is 0.397 e. The van der Waals surface area contributed by atoms with Crippen molar-refractivity contribution in [1.82, 2.24) is 0 Å². The topological polar surface area (TPSA) is 38.0 Å². The highest BCUT2D eigenvalue weighted by atomic mass is 127. The van der Waals surface area contributed by atoms with E-state index in [4.69, 9.17) is 5.73 Å². The van der Waals surface area contributed by atoms with Gasteiger partial charge in [-0.25, -0.2) is 4.39 Å². The van der Waals surface area contributed by atoms with Crippen LogP contribution in [0, 0.1) is 16.3 Å². The Balaban J connectivity index is 1.98. The third-order valence-electron chi connectivity index (χ3n) is 2.90. The summed E-state index contributed by atoms with van der Waals surface area (Å²) in [5.74, 6) is -0.243. The molecule has 0 spiro atoms. The molecular weight excluding hydrogens is 354 g/mol. The van der Waals surface area contributed by atoms with Crippen LogP contribution in [0.2, 0.25) is 0 Å². The lowest BCUT2D eigenvalue weighted by Gasteiger charge is -2.10. The number of benzene rings is 2. The first-order chi connectivity index (χ1) is 9.06. The quantitative estimate of drug-likeness (QED) is 0.631. The number of nitrogens with two attached hydrogens (primary N) is 1. The molecule has 0 saturated carbocycles. The third-order valence-corrected chi connectivity index (χ3v) is 3.73. The van der Waals surface area contributed by atoms with E-state index in [0.717, 1.165) is 13.0 Å². The maximum Gasteiger partial charge on any atom is 0.138 e. The molecule has 2 aromatic carbocycles. The van der Waals surface area contributed by atoms with Crippen molar-refractivity contribution in [2.45, 2.75) is 13.3 Å². The minimum atomic E-state index is -0.243. The number of hydrogen-bond acceptors (Lipinski definition) is 2. The lowest BCUT2D eigenvalue weighted by Crippen LogP contribution is -2.07. The Morgan fingerprint density at radius 1 is 1.26 bits per heavy atom. The van der Waals surface area contributed by atoms with Crippen LogP contribution in [-0.2, 0) is 6.42 Å². The van der Waals surface area contributed by atoms with E-state index in [2.05, 4.69) is 30.4 Å². The highest BCUT2D eigenvalue weighted by molar-refractivity contribution is 14.1. The van der Waals surface area contributed by atoms with Crippen molar-refractivity contribution >= 4 is 34.0 Å². The number of nitrogen functional groups attached to an aromatic ring is 1. The third kappa shape index (κ3) is 3.83. The average molecular weight is 370 g/mol. The standard InChI is InChI=1S/C15H16FIN2/c1-10-3-2-4-11(7-10)5-6-19-15-8-12(16)13(17)9-14(15)18/h2-4,7-9,19H,5-6,18H2,1H3. The Hall–Kier alpha value is -1.30. The smallest absolute Gasteiger partial charge is 0.138 e. The summed E-state index contributed by atoms with van der Waals surface area (Å²) in [5.41, 5.74) is 9.61. The number of anilines is 2. The summed E-state index contributed by atoms with van der Waals surface area (Å²) in [5, 5.41) is 3.18. The van der Waals surface area contributed by atoms with Gasteiger partial charge < -0.3 is 11.1 Å². The summed E-state index contributed by atoms with van der Waals surface area (Å²) in [4.78, 5) is 0. The Labute approximate surface area is 126 Å². The molecule has 0 fully saturated rings. The van der Waals surface area contributed by atoms with Crippen LogP contribution in [-0.4, -0.2) is 6.54 Å². The molecule has 2 aromatic rings. The van der Waals surface area contributed by atoms with Crippen molar-refractivity contribution < 1.29 is 4.39 Å². The van der Waals surface area contributed by atoms with Crippen LogP contribution < -0.4 is 11.1 Å². The first-order valence-corrected chi connectivity index (χ1v) is 7.18. The molecule has 0 bridgehead atoms. The highest BCUT2D eigenvalue weighted by Gasteiger charge is 2.05. The first kappa shape index (κ1) is 14.1. The Bertz CT molecular complexity index is 584. The van der Waals surface area contributed by atoms with E-state index in [9.17, 15) is 4.39 Å². The van der Waals surface area contributed by atoms with Crippen molar-refractivity contribution in [3.8, 4) is 0 Å². The van der Waals surface area contributed by atoms with Crippen molar-refractivity contribution in [1.29, 1.82) is 0 Å². The molecule has 0 unspecified atom stereocenters. The molecule has 0 heterocycles. The number of halogens is 2. The molecular formula is C15H16FIN2. The van der Waals surface area contributed by atoms with Gasteiger partial charge in [0, 0.05) is 12.6 Å². The van der Waals surface area contributed by atoms with Crippen LogP contribution in [0.3, 0.4) is 0 Å². The van der Waals surface area contributed by atoms with E-state index in [0.29, 0.717) is 14.9 Å². The van der Waals surface area contributed by atoms with E-state index in [1.54, 1.807) is 6.07 Å². The molecule has 0 atom stereocenters. The molecule has 2 rings (SSSR count). The van der Waals surface area contributed by atoms with Gasteiger partial charge in [-0.15, -0.1) is 0 Å². The SMILES string of the molecule is Cc1cccc(CCNc2cc(F)c(I)cc2N)c1. The maximum absolute atomic E-state index is 13.5. The Kier molecular flexibility index (Phi) is 4.63. The van der Waals surface area contributed by atoms with E-state index in [1.165, 1.54) is 17.2 Å². The van der Waals surface area contributed by atoms with Gasteiger partial charge in [-0.3, -0.25) is 0 Å². The molecule has 4 heteroatoms. The van der Waals surface area contributed by atoms with Crippen LogP contribution >= 0.6 is 22.6 Å². The molecule has 2 nitrogen and oxygen atoms in total. The average Bonchev–Trinajstić information content (AvgIpc) is 2.35. The van der Waals surface area contributed by atoms with E-state index >= 15 is 0 Å². The second-order valence-corrected chi connectivity index (χ2v) is 5.68. The van der Waals surface area contributed by atoms with Crippen LogP contribution in [0.1, 0.15) is 11.1 Å². The van der Waals surface area contributed by atoms with Crippen molar-refractivity contribution in [3.63, 3.8) is 0 Å². The van der Waals surface area contributed by atoms with Gasteiger partial charge in [0.05, 0.1) is 14.9 Å². The van der Waals surface area contributed by atoms with Gasteiger partial charge in [0.25, 0.3) is 0 Å². The number of hydrogen-bond donors (Lipinski definition) is 2. The summed E-state index contributed by atoms with van der Waals surface area (Å²) in [6.07, 6.45) is 0.884. The van der Waals surface area contributed by atoms with Crippen LogP contribution in [0.5, 0.6) is 0 Å². The Morgan fingerprint density at radius 2 is 2.05 bits per heavy atom. The zero-order valence-electron chi connectivity index (χ0n) is 10.7. The van der Waals surface area contributed by atoms with Gasteiger partial charge in [-0.2, -0.15) is 0 Å². The lowest BCUT2D eigenvalue weighted by atomic mass is 10.1. The number of rotatable bonds is 4. The summed E-state index contributed by atoms with van der Waals surface area (Å²) in [7, 11) is 0.